The highest BCUT2D eigenvalue weighted by Crippen LogP contribution is 2.24. The third-order valence-corrected chi connectivity index (χ3v) is 3.14. The molecule has 0 aliphatic carbocycles. The number of rotatable bonds is 2. The van der Waals surface area contributed by atoms with Crippen molar-refractivity contribution in [3.63, 3.8) is 0 Å². The Morgan fingerprint density at radius 1 is 1.25 bits per heavy atom. The lowest BCUT2D eigenvalue weighted by Crippen LogP contribution is -2.07. The summed E-state index contributed by atoms with van der Waals surface area (Å²) >= 11 is 0. The monoisotopic (exact) mass is 270 g/mol. The number of H-pyrrole nitrogens is 1. The summed E-state index contributed by atoms with van der Waals surface area (Å²) in [4.78, 5) is 18.1. The molecule has 0 aliphatic heterocycles. The molecule has 2 N–H and O–H groups in total. The summed E-state index contributed by atoms with van der Waals surface area (Å²) in [5.74, 6) is -0.396. The molecule has 0 spiro atoms. The summed E-state index contributed by atoms with van der Waals surface area (Å²) < 4.78 is 13.6. The molecule has 5 heteroatoms. The van der Waals surface area contributed by atoms with E-state index in [0.717, 1.165) is 0 Å². The molecule has 0 radical (unpaired) electrons. The highest BCUT2D eigenvalue weighted by atomic mass is 19.1. The van der Waals surface area contributed by atoms with Crippen LogP contribution in [-0.4, -0.2) is 15.1 Å². The molecule has 3 rings (SSSR count). The van der Waals surface area contributed by atoms with E-state index >= 15 is 0 Å². The highest BCUT2D eigenvalue weighted by Gasteiger charge is 2.09. The van der Waals surface area contributed by atoms with Gasteiger partial charge in [0.15, 0.2) is 0 Å². The average molecular weight is 270 g/mol. The number of hydrogen-bond donors (Lipinski definition) is 2. The molecule has 4 nitrogen and oxygen atoms in total. The molecule has 20 heavy (non-hydrogen) atoms. The quantitative estimate of drug-likeness (QED) is 0.751. The zero-order chi connectivity index (χ0) is 14.1. The second kappa shape index (κ2) is 4.77. The fraction of sp³-hybridized carbons (Fsp3) is 0.0667. The fourth-order valence-corrected chi connectivity index (χ4v) is 2.18. The van der Waals surface area contributed by atoms with Gasteiger partial charge in [-0.3, -0.25) is 4.79 Å². The van der Waals surface area contributed by atoms with Gasteiger partial charge in [-0.2, -0.15) is 0 Å². The normalized spacial score (nSPS) is 10.8. The number of phenolic OH excluding ortho intramolecular Hbond substituents is 1. The molecule has 0 atom stereocenters. The Hall–Kier alpha value is -2.69. The van der Waals surface area contributed by atoms with Gasteiger partial charge in [0.25, 0.3) is 5.56 Å². The molecule has 0 saturated heterocycles. The standard InChI is InChI=1S/C15H11FN2O2/c16-12-4-2-1-3-10(12)5-9-6-11-14(13(19)7-9)17-8-18-15(11)20/h1-4,6-8,19H,5H2,(H,17,18,20). The second-order valence-corrected chi connectivity index (χ2v) is 4.51. The van der Waals surface area contributed by atoms with Gasteiger partial charge in [0, 0.05) is 6.42 Å². The average Bonchev–Trinajstić information content (AvgIpc) is 2.43. The molecule has 1 heterocycles. The summed E-state index contributed by atoms with van der Waals surface area (Å²) in [6.45, 7) is 0. The molecule has 0 fully saturated rings. The maximum absolute atomic E-state index is 13.6. The Bertz CT molecular complexity index is 843. The molecular weight excluding hydrogens is 259 g/mol. The molecule has 0 saturated carbocycles. The second-order valence-electron chi connectivity index (χ2n) is 4.51. The molecular formula is C15H11FN2O2. The van der Waals surface area contributed by atoms with Crippen LogP contribution in [0, 0.1) is 5.82 Å². The Balaban J connectivity index is 2.12. The smallest absolute Gasteiger partial charge is 0.258 e. The van der Waals surface area contributed by atoms with Gasteiger partial charge in [-0.25, -0.2) is 9.37 Å². The van der Waals surface area contributed by atoms with Gasteiger partial charge in [-0.15, -0.1) is 0 Å². The maximum Gasteiger partial charge on any atom is 0.258 e. The van der Waals surface area contributed by atoms with Crippen LogP contribution < -0.4 is 5.56 Å². The van der Waals surface area contributed by atoms with Gasteiger partial charge >= 0.3 is 0 Å². The van der Waals surface area contributed by atoms with E-state index in [-0.39, 0.29) is 22.6 Å². The molecule has 0 amide bonds. The lowest BCUT2D eigenvalue weighted by Gasteiger charge is -2.06. The number of halogens is 1. The first-order valence-corrected chi connectivity index (χ1v) is 6.08. The fourth-order valence-electron chi connectivity index (χ4n) is 2.18. The third-order valence-electron chi connectivity index (χ3n) is 3.14. The first-order chi connectivity index (χ1) is 9.65. The minimum Gasteiger partial charge on any atom is -0.506 e. The van der Waals surface area contributed by atoms with Crippen LogP contribution in [0.3, 0.4) is 0 Å². The van der Waals surface area contributed by atoms with Crippen LogP contribution in [0.25, 0.3) is 10.9 Å². The zero-order valence-electron chi connectivity index (χ0n) is 10.4. The van der Waals surface area contributed by atoms with Crippen LogP contribution in [0.5, 0.6) is 5.75 Å². The van der Waals surface area contributed by atoms with E-state index in [0.29, 0.717) is 22.9 Å². The number of phenols is 1. The van der Waals surface area contributed by atoms with Crippen molar-refractivity contribution in [2.75, 3.05) is 0 Å². The number of aromatic amines is 1. The molecule has 0 bridgehead atoms. The van der Waals surface area contributed by atoms with Crippen molar-refractivity contribution in [2.45, 2.75) is 6.42 Å². The minimum atomic E-state index is -0.333. The summed E-state index contributed by atoms with van der Waals surface area (Å²) in [5.41, 5.74) is 1.07. The van der Waals surface area contributed by atoms with Crippen molar-refractivity contribution in [2.24, 2.45) is 0 Å². The van der Waals surface area contributed by atoms with Gasteiger partial charge in [-0.05, 0) is 29.3 Å². The maximum atomic E-state index is 13.6. The summed E-state index contributed by atoms with van der Waals surface area (Å²) in [7, 11) is 0. The molecule has 100 valence electrons. The van der Waals surface area contributed by atoms with Crippen LogP contribution >= 0.6 is 0 Å². The lowest BCUT2D eigenvalue weighted by molar-refractivity contribution is 0.479. The van der Waals surface area contributed by atoms with Crippen molar-refractivity contribution in [3.05, 3.63) is 70.0 Å². The largest absolute Gasteiger partial charge is 0.506 e. The summed E-state index contributed by atoms with van der Waals surface area (Å²) in [6, 6.07) is 9.53. The van der Waals surface area contributed by atoms with Crippen LogP contribution in [0.15, 0.2) is 47.5 Å². The van der Waals surface area contributed by atoms with Crippen molar-refractivity contribution in [3.8, 4) is 5.75 Å². The Labute approximate surface area is 113 Å². The van der Waals surface area contributed by atoms with Crippen molar-refractivity contribution >= 4 is 10.9 Å². The molecule has 0 aliphatic rings. The van der Waals surface area contributed by atoms with Crippen LogP contribution in [-0.2, 0) is 6.42 Å². The van der Waals surface area contributed by atoms with Gasteiger partial charge < -0.3 is 10.1 Å². The van der Waals surface area contributed by atoms with Crippen LogP contribution in [0.1, 0.15) is 11.1 Å². The number of aromatic nitrogens is 2. The van der Waals surface area contributed by atoms with E-state index in [4.69, 9.17) is 0 Å². The van der Waals surface area contributed by atoms with E-state index < -0.39 is 0 Å². The van der Waals surface area contributed by atoms with Gasteiger partial charge in [-0.1, -0.05) is 18.2 Å². The van der Waals surface area contributed by atoms with Gasteiger partial charge in [0.05, 0.1) is 11.7 Å². The number of benzene rings is 2. The Morgan fingerprint density at radius 2 is 2.05 bits per heavy atom. The van der Waals surface area contributed by atoms with Crippen molar-refractivity contribution < 1.29 is 9.50 Å². The van der Waals surface area contributed by atoms with Crippen LogP contribution in [0.2, 0.25) is 0 Å². The number of fused-ring (bicyclic) bond motifs is 1. The van der Waals surface area contributed by atoms with E-state index in [9.17, 15) is 14.3 Å². The van der Waals surface area contributed by atoms with E-state index in [1.54, 1.807) is 24.3 Å². The Kier molecular flexibility index (Phi) is 2.95. The van der Waals surface area contributed by atoms with Crippen LogP contribution in [0.4, 0.5) is 4.39 Å². The lowest BCUT2D eigenvalue weighted by atomic mass is 10.0. The first-order valence-electron chi connectivity index (χ1n) is 6.08. The number of aromatic hydroxyl groups is 1. The van der Waals surface area contributed by atoms with Gasteiger partial charge in [0.1, 0.15) is 17.1 Å². The first kappa shape index (κ1) is 12.3. The zero-order valence-corrected chi connectivity index (χ0v) is 10.4. The number of nitrogens with zero attached hydrogens (tertiary/aromatic N) is 1. The summed E-state index contributed by atoms with van der Waals surface area (Å²) in [5, 5.41) is 10.2. The molecule has 3 aromatic rings. The SMILES string of the molecule is O=c1[nH]cnc2c(O)cc(Cc3ccccc3F)cc12. The molecule has 0 unspecified atom stereocenters. The van der Waals surface area contributed by atoms with E-state index in [1.165, 1.54) is 18.5 Å². The minimum absolute atomic E-state index is 0.0834. The number of nitrogens with one attached hydrogen (secondary N) is 1. The van der Waals surface area contributed by atoms with E-state index in [1.807, 2.05) is 0 Å². The van der Waals surface area contributed by atoms with Crippen molar-refractivity contribution in [1.29, 1.82) is 0 Å². The predicted molar refractivity (Wildman–Crippen MR) is 73.2 cm³/mol. The molecule has 1 aromatic heterocycles. The predicted octanol–water partition coefficient (Wildman–Crippen LogP) is 2.36. The van der Waals surface area contributed by atoms with Crippen molar-refractivity contribution in [1.82, 2.24) is 9.97 Å². The summed E-state index contributed by atoms with van der Waals surface area (Å²) in [6.07, 6.45) is 1.53. The number of hydrogen-bond acceptors (Lipinski definition) is 3. The van der Waals surface area contributed by atoms with E-state index in [2.05, 4.69) is 9.97 Å². The molecule has 2 aromatic carbocycles. The highest BCUT2D eigenvalue weighted by molar-refractivity contribution is 5.84. The Morgan fingerprint density at radius 3 is 2.85 bits per heavy atom. The third kappa shape index (κ3) is 2.14. The van der Waals surface area contributed by atoms with Gasteiger partial charge in [0.2, 0.25) is 0 Å². The topological polar surface area (TPSA) is 66.0 Å².